The molecule has 2 heterocycles. The highest BCUT2D eigenvalue weighted by atomic mass is 32.1. The lowest BCUT2D eigenvalue weighted by molar-refractivity contribution is -0.117. The van der Waals surface area contributed by atoms with Crippen molar-refractivity contribution in [2.24, 2.45) is 0 Å². The molecule has 7 heteroatoms. The van der Waals surface area contributed by atoms with Crippen LogP contribution >= 0.6 is 11.3 Å². The van der Waals surface area contributed by atoms with Crippen molar-refractivity contribution >= 4 is 34.0 Å². The summed E-state index contributed by atoms with van der Waals surface area (Å²) in [5, 5.41) is 12.5. The SMILES string of the molecule is O=C(Nc1nnc(C2CC2)s1)c1cccc(N2CCCC2=O)c1. The van der Waals surface area contributed by atoms with Gasteiger partial charge in [0.05, 0.1) is 0 Å². The van der Waals surface area contributed by atoms with Gasteiger partial charge in [0.15, 0.2) is 0 Å². The highest BCUT2D eigenvalue weighted by Gasteiger charge is 2.28. The minimum absolute atomic E-state index is 0.112. The molecule has 4 rings (SSSR count). The summed E-state index contributed by atoms with van der Waals surface area (Å²) in [6, 6.07) is 7.14. The third-order valence-electron chi connectivity index (χ3n) is 4.08. The first-order valence-corrected chi connectivity index (χ1v) is 8.57. The highest BCUT2D eigenvalue weighted by Crippen LogP contribution is 2.42. The Bertz CT molecular complexity index is 769. The minimum atomic E-state index is -0.225. The summed E-state index contributed by atoms with van der Waals surface area (Å²) in [6.45, 7) is 0.713. The topological polar surface area (TPSA) is 75.2 Å². The Morgan fingerprint density at radius 2 is 2.17 bits per heavy atom. The lowest BCUT2D eigenvalue weighted by atomic mass is 10.2. The zero-order valence-electron chi connectivity index (χ0n) is 12.5. The third kappa shape index (κ3) is 2.96. The van der Waals surface area contributed by atoms with E-state index < -0.39 is 0 Å². The monoisotopic (exact) mass is 328 g/mol. The molecule has 0 bridgehead atoms. The summed E-state index contributed by atoms with van der Waals surface area (Å²) in [5.41, 5.74) is 1.29. The highest BCUT2D eigenvalue weighted by molar-refractivity contribution is 7.15. The van der Waals surface area contributed by atoms with E-state index in [2.05, 4.69) is 15.5 Å². The van der Waals surface area contributed by atoms with Crippen LogP contribution in [0.4, 0.5) is 10.8 Å². The number of hydrogen-bond acceptors (Lipinski definition) is 5. The summed E-state index contributed by atoms with van der Waals surface area (Å²) in [5.74, 6) is 0.417. The number of amides is 2. The Kier molecular flexibility index (Phi) is 3.57. The maximum atomic E-state index is 12.4. The van der Waals surface area contributed by atoms with Crippen molar-refractivity contribution in [3.05, 3.63) is 34.8 Å². The molecule has 1 saturated heterocycles. The average molecular weight is 328 g/mol. The van der Waals surface area contributed by atoms with Crippen LogP contribution in [-0.4, -0.2) is 28.6 Å². The van der Waals surface area contributed by atoms with E-state index >= 15 is 0 Å². The van der Waals surface area contributed by atoms with Crippen LogP contribution in [0.5, 0.6) is 0 Å². The summed E-state index contributed by atoms with van der Waals surface area (Å²) < 4.78 is 0. The molecule has 1 aromatic heterocycles. The van der Waals surface area contributed by atoms with Crippen LogP contribution < -0.4 is 10.2 Å². The number of benzene rings is 1. The predicted molar refractivity (Wildman–Crippen MR) is 87.9 cm³/mol. The molecule has 2 amide bonds. The zero-order chi connectivity index (χ0) is 15.8. The van der Waals surface area contributed by atoms with Gasteiger partial charge in [-0.3, -0.25) is 14.9 Å². The number of aromatic nitrogens is 2. The Morgan fingerprint density at radius 1 is 1.30 bits per heavy atom. The van der Waals surface area contributed by atoms with Crippen molar-refractivity contribution in [3.63, 3.8) is 0 Å². The Morgan fingerprint density at radius 3 is 2.91 bits per heavy atom. The van der Waals surface area contributed by atoms with Gasteiger partial charge >= 0.3 is 0 Å². The van der Waals surface area contributed by atoms with Gasteiger partial charge in [0, 0.05) is 30.1 Å². The van der Waals surface area contributed by atoms with Gasteiger partial charge in [0.25, 0.3) is 5.91 Å². The maximum Gasteiger partial charge on any atom is 0.257 e. The number of carbonyl (C=O) groups excluding carboxylic acids is 2. The van der Waals surface area contributed by atoms with Crippen LogP contribution in [0.25, 0.3) is 0 Å². The van der Waals surface area contributed by atoms with Crippen molar-refractivity contribution in [3.8, 4) is 0 Å². The van der Waals surface area contributed by atoms with Gasteiger partial charge in [-0.1, -0.05) is 17.4 Å². The summed E-state index contributed by atoms with van der Waals surface area (Å²) in [4.78, 5) is 25.9. The molecule has 2 aromatic rings. The zero-order valence-corrected chi connectivity index (χ0v) is 13.3. The van der Waals surface area contributed by atoms with Gasteiger partial charge in [-0.25, -0.2) is 0 Å². The molecule has 0 spiro atoms. The van der Waals surface area contributed by atoms with E-state index in [0.717, 1.165) is 30.0 Å². The fraction of sp³-hybridized carbons (Fsp3) is 0.375. The first-order chi connectivity index (χ1) is 11.2. The lowest BCUT2D eigenvalue weighted by Gasteiger charge is -2.16. The molecule has 1 aromatic carbocycles. The molecule has 23 heavy (non-hydrogen) atoms. The smallest absolute Gasteiger partial charge is 0.257 e. The summed E-state index contributed by atoms with van der Waals surface area (Å²) in [7, 11) is 0. The molecule has 2 aliphatic rings. The van der Waals surface area contributed by atoms with E-state index in [-0.39, 0.29) is 11.8 Å². The quantitative estimate of drug-likeness (QED) is 0.936. The molecule has 1 aliphatic heterocycles. The van der Waals surface area contributed by atoms with Gasteiger partial charge in [0.2, 0.25) is 11.0 Å². The van der Waals surface area contributed by atoms with Crippen LogP contribution in [0.2, 0.25) is 0 Å². The van der Waals surface area contributed by atoms with Crippen LogP contribution in [0, 0.1) is 0 Å². The van der Waals surface area contributed by atoms with Crippen LogP contribution in [-0.2, 0) is 4.79 Å². The van der Waals surface area contributed by atoms with Crippen LogP contribution in [0.1, 0.15) is 47.0 Å². The number of nitrogens with one attached hydrogen (secondary N) is 1. The normalized spacial score (nSPS) is 17.6. The first kappa shape index (κ1) is 14.3. The number of carbonyl (C=O) groups is 2. The second-order valence-corrected chi connectivity index (χ2v) is 6.88. The molecule has 118 valence electrons. The first-order valence-electron chi connectivity index (χ1n) is 7.76. The number of nitrogens with zero attached hydrogens (tertiary/aromatic N) is 3. The van der Waals surface area contributed by atoms with Crippen LogP contribution in [0.3, 0.4) is 0 Å². The lowest BCUT2D eigenvalue weighted by Crippen LogP contribution is -2.24. The average Bonchev–Trinajstić information content (AvgIpc) is 3.16. The number of rotatable bonds is 4. The third-order valence-corrected chi connectivity index (χ3v) is 5.08. The molecular weight excluding hydrogens is 312 g/mol. The van der Waals surface area contributed by atoms with E-state index in [4.69, 9.17) is 0 Å². The van der Waals surface area contributed by atoms with E-state index in [1.165, 1.54) is 11.3 Å². The fourth-order valence-corrected chi connectivity index (χ4v) is 3.59. The Balaban J connectivity index is 1.50. The van der Waals surface area contributed by atoms with Crippen molar-refractivity contribution < 1.29 is 9.59 Å². The molecule has 1 N–H and O–H groups in total. The van der Waals surface area contributed by atoms with Crippen molar-refractivity contribution in [1.29, 1.82) is 0 Å². The molecule has 1 aliphatic carbocycles. The molecule has 0 unspecified atom stereocenters. The Hall–Kier alpha value is -2.28. The standard InChI is InChI=1S/C16H16N4O2S/c21-13-5-2-8-20(13)12-4-1-3-11(9-12)14(22)17-16-19-18-15(23-16)10-6-7-10/h1,3-4,9-10H,2,5-8H2,(H,17,19,22). The predicted octanol–water partition coefficient (Wildman–Crippen LogP) is 2.79. The molecule has 0 atom stereocenters. The van der Waals surface area contributed by atoms with E-state index in [9.17, 15) is 9.59 Å². The van der Waals surface area contributed by atoms with Gasteiger partial charge < -0.3 is 4.90 Å². The van der Waals surface area contributed by atoms with E-state index in [0.29, 0.717) is 29.6 Å². The van der Waals surface area contributed by atoms with Gasteiger partial charge in [-0.2, -0.15) is 0 Å². The largest absolute Gasteiger partial charge is 0.312 e. The molecule has 0 radical (unpaired) electrons. The Labute approximate surface area is 137 Å². The molecular formula is C16H16N4O2S. The molecule has 2 fully saturated rings. The van der Waals surface area contributed by atoms with Crippen molar-refractivity contribution in [1.82, 2.24) is 10.2 Å². The number of hydrogen-bond donors (Lipinski definition) is 1. The van der Waals surface area contributed by atoms with Gasteiger partial charge in [-0.15, -0.1) is 10.2 Å². The van der Waals surface area contributed by atoms with Gasteiger partial charge in [-0.05, 0) is 37.5 Å². The fourth-order valence-electron chi connectivity index (χ4n) is 2.69. The molecule has 1 saturated carbocycles. The van der Waals surface area contributed by atoms with E-state index in [1.54, 1.807) is 23.1 Å². The summed E-state index contributed by atoms with van der Waals surface area (Å²) in [6.07, 6.45) is 3.76. The number of anilines is 2. The van der Waals surface area contributed by atoms with E-state index in [1.807, 2.05) is 6.07 Å². The second-order valence-electron chi connectivity index (χ2n) is 5.87. The molecule has 6 nitrogen and oxygen atoms in total. The summed E-state index contributed by atoms with van der Waals surface area (Å²) >= 11 is 1.44. The van der Waals surface area contributed by atoms with Crippen LogP contribution in [0.15, 0.2) is 24.3 Å². The second kappa shape index (κ2) is 5.73. The maximum absolute atomic E-state index is 12.4. The van der Waals surface area contributed by atoms with Crippen molar-refractivity contribution in [2.75, 3.05) is 16.8 Å². The van der Waals surface area contributed by atoms with Crippen molar-refractivity contribution in [2.45, 2.75) is 31.6 Å². The van der Waals surface area contributed by atoms with Gasteiger partial charge in [0.1, 0.15) is 5.01 Å². The minimum Gasteiger partial charge on any atom is -0.312 e.